The van der Waals surface area contributed by atoms with Crippen molar-refractivity contribution in [1.29, 1.82) is 0 Å². The van der Waals surface area contributed by atoms with E-state index in [0.717, 1.165) is 5.56 Å². The number of halogens is 3. The van der Waals surface area contributed by atoms with Gasteiger partial charge in [0.1, 0.15) is 13.1 Å². The Kier molecular flexibility index (Phi) is 5.21. The number of amides is 1. The molecule has 20 heavy (non-hydrogen) atoms. The number of nitrogens with one attached hydrogen (secondary N) is 2. The van der Waals surface area contributed by atoms with Crippen LogP contribution < -0.4 is 10.6 Å². The van der Waals surface area contributed by atoms with Crippen LogP contribution in [0.5, 0.6) is 0 Å². The Morgan fingerprint density at radius 3 is 2.50 bits per heavy atom. The van der Waals surface area contributed by atoms with Gasteiger partial charge in [-0.3, -0.25) is 4.79 Å². The molecule has 1 aromatic heterocycles. The summed E-state index contributed by atoms with van der Waals surface area (Å²) in [7, 11) is 0. The molecule has 7 heteroatoms. The number of rotatable bonds is 5. The van der Waals surface area contributed by atoms with E-state index in [1.807, 2.05) is 32.2 Å². The number of aromatic nitrogens is 1. The predicted molar refractivity (Wildman–Crippen MR) is 70.1 cm³/mol. The molecule has 0 unspecified atom stereocenters. The average Bonchev–Trinajstić information content (AvgIpc) is 2.70. The maximum atomic E-state index is 11.9. The normalized spacial score (nSPS) is 12.5. The first-order valence-corrected chi connectivity index (χ1v) is 6.28. The zero-order valence-electron chi connectivity index (χ0n) is 11.8. The molecule has 1 heterocycles. The molecule has 1 amide bonds. The second-order valence-electron chi connectivity index (χ2n) is 5.69. The highest BCUT2D eigenvalue weighted by Gasteiger charge is 2.27. The summed E-state index contributed by atoms with van der Waals surface area (Å²) in [6.45, 7) is 5.33. The van der Waals surface area contributed by atoms with E-state index >= 15 is 0 Å². The van der Waals surface area contributed by atoms with Crippen molar-refractivity contribution in [2.75, 3.05) is 6.54 Å². The van der Waals surface area contributed by atoms with Crippen molar-refractivity contribution in [1.82, 2.24) is 15.2 Å². The SMILES string of the molecule is CC(C)(C)NCc1ccn(CC(=O)NCC(F)(F)F)c1. The van der Waals surface area contributed by atoms with Gasteiger partial charge in [0.05, 0.1) is 0 Å². The number of carbonyl (C=O) groups excluding carboxylic acids is 1. The molecule has 0 fully saturated rings. The molecule has 4 nitrogen and oxygen atoms in total. The van der Waals surface area contributed by atoms with Gasteiger partial charge in [-0.05, 0) is 32.4 Å². The highest BCUT2D eigenvalue weighted by atomic mass is 19.4. The lowest BCUT2D eigenvalue weighted by molar-refractivity contribution is -0.138. The summed E-state index contributed by atoms with van der Waals surface area (Å²) in [5.74, 6) is -0.659. The molecule has 0 bridgehead atoms. The van der Waals surface area contributed by atoms with Gasteiger partial charge in [0.25, 0.3) is 0 Å². The van der Waals surface area contributed by atoms with Crippen LogP contribution in [0, 0.1) is 0 Å². The summed E-state index contributed by atoms with van der Waals surface area (Å²) < 4.78 is 37.4. The molecule has 0 aliphatic rings. The fourth-order valence-electron chi connectivity index (χ4n) is 1.48. The second kappa shape index (κ2) is 6.30. The van der Waals surface area contributed by atoms with E-state index in [1.54, 1.807) is 17.0 Å². The Balaban J connectivity index is 2.42. The first kappa shape index (κ1) is 16.6. The lowest BCUT2D eigenvalue weighted by Crippen LogP contribution is -2.35. The predicted octanol–water partition coefficient (Wildman–Crippen LogP) is 2.05. The van der Waals surface area contributed by atoms with Crippen LogP contribution in [-0.4, -0.2) is 28.7 Å². The molecule has 0 aromatic carbocycles. The minimum Gasteiger partial charge on any atom is -0.345 e. The Hall–Kier alpha value is -1.50. The summed E-state index contributed by atoms with van der Waals surface area (Å²) >= 11 is 0. The van der Waals surface area contributed by atoms with Crippen molar-refractivity contribution in [3.05, 3.63) is 24.0 Å². The van der Waals surface area contributed by atoms with Gasteiger partial charge >= 0.3 is 6.18 Å². The van der Waals surface area contributed by atoms with Crippen LogP contribution in [0.15, 0.2) is 18.5 Å². The summed E-state index contributed by atoms with van der Waals surface area (Å²) in [5, 5.41) is 5.12. The monoisotopic (exact) mass is 291 g/mol. The van der Waals surface area contributed by atoms with Crippen LogP contribution in [-0.2, 0) is 17.9 Å². The maximum absolute atomic E-state index is 11.9. The molecule has 0 radical (unpaired) electrons. The third kappa shape index (κ3) is 7.18. The summed E-state index contributed by atoms with van der Waals surface area (Å²) in [6, 6.07) is 1.83. The molecular weight excluding hydrogens is 271 g/mol. The Morgan fingerprint density at radius 2 is 1.95 bits per heavy atom. The van der Waals surface area contributed by atoms with Gasteiger partial charge in [-0.1, -0.05) is 0 Å². The zero-order chi connectivity index (χ0) is 15.4. The Morgan fingerprint density at radius 1 is 1.30 bits per heavy atom. The van der Waals surface area contributed by atoms with Crippen molar-refractivity contribution in [2.24, 2.45) is 0 Å². The van der Waals surface area contributed by atoms with Gasteiger partial charge in [0.2, 0.25) is 5.91 Å². The molecule has 0 saturated heterocycles. The van der Waals surface area contributed by atoms with Crippen LogP contribution in [0.4, 0.5) is 13.2 Å². The van der Waals surface area contributed by atoms with E-state index in [-0.39, 0.29) is 12.1 Å². The van der Waals surface area contributed by atoms with E-state index in [4.69, 9.17) is 0 Å². The first-order chi connectivity index (χ1) is 9.05. The number of nitrogens with zero attached hydrogens (tertiary/aromatic N) is 1. The van der Waals surface area contributed by atoms with Crippen LogP contribution >= 0.6 is 0 Å². The van der Waals surface area contributed by atoms with Crippen molar-refractivity contribution in [2.45, 2.75) is 45.6 Å². The van der Waals surface area contributed by atoms with Crippen molar-refractivity contribution >= 4 is 5.91 Å². The summed E-state index contributed by atoms with van der Waals surface area (Å²) in [5.41, 5.74) is 0.954. The van der Waals surface area contributed by atoms with E-state index < -0.39 is 18.6 Å². The van der Waals surface area contributed by atoms with E-state index in [9.17, 15) is 18.0 Å². The lowest BCUT2D eigenvalue weighted by atomic mass is 10.1. The van der Waals surface area contributed by atoms with E-state index in [0.29, 0.717) is 6.54 Å². The highest BCUT2D eigenvalue weighted by molar-refractivity contribution is 5.75. The van der Waals surface area contributed by atoms with Crippen LogP contribution in [0.2, 0.25) is 0 Å². The third-order valence-corrected chi connectivity index (χ3v) is 2.45. The number of carbonyl (C=O) groups is 1. The third-order valence-electron chi connectivity index (χ3n) is 2.45. The molecule has 0 saturated carbocycles. The number of hydrogen-bond donors (Lipinski definition) is 2. The fraction of sp³-hybridized carbons (Fsp3) is 0.615. The van der Waals surface area contributed by atoms with Gasteiger partial charge in [-0.15, -0.1) is 0 Å². The number of alkyl halides is 3. The second-order valence-corrected chi connectivity index (χ2v) is 5.69. The van der Waals surface area contributed by atoms with Gasteiger partial charge in [-0.25, -0.2) is 0 Å². The minimum absolute atomic E-state index is 0.0216. The molecule has 0 atom stereocenters. The molecular formula is C13H20F3N3O. The molecule has 0 aliphatic carbocycles. The van der Waals surface area contributed by atoms with Gasteiger partial charge in [0.15, 0.2) is 0 Å². The van der Waals surface area contributed by atoms with Gasteiger partial charge < -0.3 is 15.2 Å². The largest absolute Gasteiger partial charge is 0.405 e. The van der Waals surface area contributed by atoms with Crippen molar-refractivity contribution < 1.29 is 18.0 Å². The van der Waals surface area contributed by atoms with Crippen molar-refractivity contribution in [3.63, 3.8) is 0 Å². The molecule has 2 N–H and O–H groups in total. The first-order valence-electron chi connectivity index (χ1n) is 6.28. The van der Waals surface area contributed by atoms with Crippen LogP contribution in [0.1, 0.15) is 26.3 Å². The molecule has 1 rings (SSSR count). The standard InChI is InChI=1S/C13H20F3N3O/c1-12(2,3)18-6-10-4-5-19(7-10)8-11(20)17-9-13(14,15)16/h4-5,7,18H,6,8-9H2,1-3H3,(H,17,20). The van der Waals surface area contributed by atoms with E-state index in [1.165, 1.54) is 0 Å². The average molecular weight is 291 g/mol. The van der Waals surface area contributed by atoms with Gasteiger partial charge in [0, 0.05) is 24.5 Å². The summed E-state index contributed by atoms with van der Waals surface area (Å²) in [6.07, 6.45) is -0.965. The topological polar surface area (TPSA) is 46.1 Å². The Bertz CT molecular complexity index is 446. The number of hydrogen-bond acceptors (Lipinski definition) is 2. The lowest BCUT2D eigenvalue weighted by Gasteiger charge is -2.19. The fourth-order valence-corrected chi connectivity index (χ4v) is 1.48. The maximum Gasteiger partial charge on any atom is 0.405 e. The molecule has 1 aromatic rings. The molecule has 0 aliphatic heterocycles. The zero-order valence-corrected chi connectivity index (χ0v) is 11.8. The molecule has 114 valence electrons. The highest BCUT2D eigenvalue weighted by Crippen LogP contribution is 2.12. The van der Waals surface area contributed by atoms with Crippen LogP contribution in [0.25, 0.3) is 0 Å². The smallest absolute Gasteiger partial charge is 0.345 e. The van der Waals surface area contributed by atoms with Crippen molar-refractivity contribution in [3.8, 4) is 0 Å². The van der Waals surface area contributed by atoms with Gasteiger partial charge in [-0.2, -0.15) is 13.2 Å². The Labute approximate surface area is 116 Å². The quantitative estimate of drug-likeness (QED) is 0.872. The van der Waals surface area contributed by atoms with E-state index in [2.05, 4.69) is 5.32 Å². The molecule has 0 spiro atoms. The van der Waals surface area contributed by atoms with Crippen LogP contribution in [0.3, 0.4) is 0 Å². The summed E-state index contributed by atoms with van der Waals surface area (Å²) in [4.78, 5) is 11.3. The minimum atomic E-state index is -4.38.